The van der Waals surface area contributed by atoms with Crippen molar-refractivity contribution in [2.24, 2.45) is 5.73 Å². The van der Waals surface area contributed by atoms with Gasteiger partial charge in [-0.2, -0.15) is 0 Å². The molecule has 3 heteroatoms. The zero-order valence-corrected chi connectivity index (χ0v) is 10.0. The van der Waals surface area contributed by atoms with Gasteiger partial charge in [0.25, 0.3) is 0 Å². The Morgan fingerprint density at radius 2 is 2.40 bits per heavy atom. The first-order chi connectivity index (χ1) is 7.33. The van der Waals surface area contributed by atoms with Crippen molar-refractivity contribution in [3.05, 3.63) is 0 Å². The van der Waals surface area contributed by atoms with E-state index in [-0.39, 0.29) is 0 Å². The SMILES string of the molecule is CCCCC(N)CNCCC1CCCO1. The second-order valence-corrected chi connectivity index (χ2v) is 4.53. The van der Waals surface area contributed by atoms with Gasteiger partial charge in [-0.15, -0.1) is 0 Å². The third-order valence-electron chi connectivity index (χ3n) is 3.00. The molecule has 1 heterocycles. The minimum atomic E-state index is 0.328. The Morgan fingerprint density at radius 3 is 3.07 bits per heavy atom. The second kappa shape index (κ2) is 8.08. The molecule has 0 saturated carbocycles. The van der Waals surface area contributed by atoms with E-state index >= 15 is 0 Å². The van der Waals surface area contributed by atoms with Gasteiger partial charge >= 0.3 is 0 Å². The van der Waals surface area contributed by atoms with Crippen molar-refractivity contribution < 1.29 is 4.74 Å². The van der Waals surface area contributed by atoms with Gasteiger partial charge in [-0.25, -0.2) is 0 Å². The van der Waals surface area contributed by atoms with Gasteiger partial charge in [-0.05, 0) is 32.2 Å². The zero-order chi connectivity index (χ0) is 10.9. The van der Waals surface area contributed by atoms with Crippen molar-refractivity contribution in [3.8, 4) is 0 Å². The molecule has 90 valence electrons. The molecule has 0 aliphatic carbocycles. The van der Waals surface area contributed by atoms with Gasteiger partial charge in [0.2, 0.25) is 0 Å². The topological polar surface area (TPSA) is 47.3 Å². The maximum absolute atomic E-state index is 5.96. The fourth-order valence-corrected chi connectivity index (χ4v) is 1.99. The highest BCUT2D eigenvalue weighted by molar-refractivity contribution is 4.68. The smallest absolute Gasteiger partial charge is 0.0588 e. The Labute approximate surface area is 93.8 Å². The van der Waals surface area contributed by atoms with Crippen LogP contribution in [0.2, 0.25) is 0 Å². The largest absolute Gasteiger partial charge is 0.378 e. The van der Waals surface area contributed by atoms with E-state index in [1.165, 1.54) is 25.7 Å². The molecular weight excluding hydrogens is 188 g/mol. The van der Waals surface area contributed by atoms with Gasteiger partial charge in [0.1, 0.15) is 0 Å². The molecule has 2 atom stereocenters. The molecule has 0 aromatic heterocycles. The summed E-state index contributed by atoms with van der Waals surface area (Å²) < 4.78 is 5.55. The first-order valence-electron chi connectivity index (χ1n) is 6.40. The summed E-state index contributed by atoms with van der Waals surface area (Å²) in [4.78, 5) is 0. The number of nitrogens with one attached hydrogen (secondary N) is 1. The number of ether oxygens (including phenoxy) is 1. The van der Waals surface area contributed by atoms with Crippen LogP contribution >= 0.6 is 0 Å². The Kier molecular flexibility index (Phi) is 6.98. The predicted octanol–water partition coefficient (Wildman–Crippen LogP) is 1.66. The number of nitrogens with two attached hydrogens (primary N) is 1. The molecule has 2 unspecified atom stereocenters. The lowest BCUT2D eigenvalue weighted by Crippen LogP contribution is -2.35. The highest BCUT2D eigenvalue weighted by Crippen LogP contribution is 2.14. The van der Waals surface area contributed by atoms with E-state index in [2.05, 4.69) is 12.2 Å². The quantitative estimate of drug-likeness (QED) is 0.604. The van der Waals surface area contributed by atoms with Crippen LogP contribution in [0.15, 0.2) is 0 Å². The fraction of sp³-hybridized carbons (Fsp3) is 1.00. The summed E-state index contributed by atoms with van der Waals surface area (Å²) in [5.41, 5.74) is 5.96. The predicted molar refractivity (Wildman–Crippen MR) is 64.0 cm³/mol. The van der Waals surface area contributed by atoms with Gasteiger partial charge in [-0.3, -0.25) is 0 Å². The highest BCUT2D eigenvalue weighted by Gasteiger charge is 2.14. The van der Waals surface area contributed by atoms with E-state index in [0.29, 0.717) is 12.1 Å². The summed E-state index contributed by atoms with van der Waals surface area (Å²) in [6.07, 6.45) is 7.75. The molecule has 1 aliphatic rings. The third-order valence-corrected chi connectivity index (χ3v) is 3.00. The lowest BCUT2D eigenvalue weighted by Gasteiger charge is -2.13. The number of hydrogen-bond acceptors (Lipinski definition) is 3. The zero-order valence-electron chi connectivity index (χ0n) is 10.0. The summed E-state index contributed by atoms with van der Waals surface area (Å²) >= 11 is 0. The molecule has 15 heavy (non-hydrogen) atoms. The Morgan fingerprint density at radius 1 is 1.53 bits per heavy atom. The van der Waals surface area contributed by atoms with Gasteiger partial charge in [0.05, 0.1) is 6.10 Å². The Balaban J connectivity index is 1.87. The molecule has 1 rings (SSSR count). The number of rotatable bonds is 8. The minimum Gasteiger partial charge on any atom is -0.378 e. The molecular formula is C12H26N2O. The lowest BCUT2D eigenvalue weighted by atomic mass is 10.1. The molecule has 0 aromatic rings. The van der Waals surface area contributed by atoms with Crippen molar-refractivity contribution in [1.29, 1.82) is 0 Å². The van der Waals surface area contributed by atoms with Crippen LogP contribution in [0.4, 0.5) is 0 Å². The first kappa shape index (κ1) is 12.9. The summed E-state index contributed by atoms with van der Waals surface area (Å²) in [5.74, 6) is 0. The van der Waals surface area contributed by atoms with Crippen LogP contribution in [0.1, 0.15) is 45.4 Å². The van der Waals surface area contributed by atoms with Crippen molar-refractivity contribution in [2.45, 2.75) is 57.6 Å². The van der Waals surface area contributed by atoms with E-state index in [9.17, 15) is 0 Å². The maximum Gasteiger partial charge on any atom is 0.0588 e. The second-order valence-electron chi connectivity index (χ2n) is 4.53. The van der Waals surface area contributed by atoms with Crippen LogP contribution in [0.5, 0.6) is 0 Å². The summed E-state index contributed by atoms with van der Waals surface area (Å²) in [5, 5.41) is 3.42. The van der Waals surface area contributed by atoms with Gasteiger partial charge in [0, 0.05) is 19.2 Å². The lowest BCUT2D eigenvalue weighted by molar-refractivity contribution is 0.104. The van der Waals surface area contributed by atoms with Crippen LogP contribution in [0.3, 0.4) is 0 Å². The van der Waals surface area contributed by atoms with E-state index in [0.717, 1.165) is 32.5 Å². The van der Waals surface area contributed by atoms with Crippen molar-refractivity contribution in [1.82, 2.24) is 5.32 Å². The van der Waals surface area contributed by atoms with Gasteiger partial charge in [0.15, 0.2) is 0 Å². The third kappa shape index (κ3) is 6.13. The summed E-state index contributed by atoms with van der Waals surface area (Å²) in [6.45, 7) is 5.16. The minimum absolute atomic E-state index is 0.328. The molecule has 0 bridgehead atoms. The highest BCUT2D eigenvalue weighted by atomic mass is 16.5. The van der Waals surface area contributed by atoms with Crippen molar-refractivity contribution in [2.75, 3.05) is 19.7 Å². The van der Waals surface area contributed by atoms with Crippen LogP contribution in [-0.4, -0.2) is 31.8 Å². The molecule has 1 saturated heterocycles. The standard InChI is InChI=1S/C12H26N2O/c1-2-3-5-11(13)10-14-8-7-12-6-4-9-15-12/h11-12,14H,2-10,13H2,1H3. The normalized spacial score (nSPS) is 23.2. The maximum atomic E-state index is 5.96. The average Bonchev–Trinajstić information content (AvgIpc) is 2.74. The monoisotopic (exact) mass is 214 g/mol. The van der Waals surface area contributed by atoms with Crippen molar-refractivity contribution >= 4 is 0 Å². The van der Waals surface area contributed by atoms with E-state index in [4.69, 9.17) is 10.5 Å². The molecule has 0 radical (unpaired) electrons. The fourth-order valence-electron chi connectivity index (χ4n) is 1.99. The molecule has 3 N–H and O–H groups in total. The molecule has 1 fully saturated rings. The van der Waals surface area contributed by atoms with Gasteiger partial charge in [-0.1, -0.05) is 19.8 Å². The molecule has 0 spiro atoms. The van der Waals surface area contributed by atoms with Crippen LogP contribution in [-0.2, 0) is 4.74 Å². The van der Waals surface area contributed by atoms with E-state index in [1.807, 2.05) is 0 Å². The number of unbranched alkanes of at least 4 members (excludes halogenated alkanes) is 1. The van der Waals surface area contributed by atoms with Gasteiger partial charge < -0.3 is 15.8 Å². The van der Waals surface area contributed by atoms with Crippen LogP contribution in [0.25, 0.3) is 0 Å². The van der Waals surface area contributed by atoms with Crippen LogP contribution in [0, 0.1) is 0 Å². The number of hydrogen-bond donors (Lipinski definition) is 2. The first-order valence-corrected chi connectivity index (χ1v) is 6.40. The summed E-state index contributed by atoms with van der Waals surface area (Å²) in [6, 6.07) is 0.328. The Hall–Kier alpha value is -0.120. The molecule has 0 amide bonds. The summed E-state index contributed by atoms with van der Waals surface area (Å²) in [7, 11) is 0. The Bertz CT molecular complexity index is 147. The van der Waals surface area contributed by atoms with Crippen LogP contribution < -0.4 is 11.1 Å². The van der Waals surface area contributed by atoms with E-state index < -0.39 is 0 Å². The average molecular weight is 214 g/mol. The molecule has 0 aromatic carbocycles. The molecule has 3 nitrogen and oxygen atoms in total. The van der Waals surface area contributed by atoms with E-state index in [1.54, 1.807) is 0 Å². The van der Waals surface area contributed by atoms with Crippen molar-refractivity contribution in [3.63, 3.8) is 0 Å². The molecule has 1 aliphatic heterocycles.